The molecular formula is C25H24FN3O3. The summed E-state index contributed by atoms with van der Waals surface area (Å²) in [4.78, 5) is 12.5. The lowest BCUT2D eigenvalue weighted by Gasteiger charge is -2.08. The van der Waals surface area contributed by atoms with Gasteiger partial charge < -0.3 is 14.5 Å². The minimum atomic E-state index is -0.409. The summed E-state index contributed by atoms with van der Waals surface area (Å²) in [7, 11) is 0. The van der Waals surface area contributed by atoms with Crippen LogP contribution in [0, 0.1) is 5.82 Å². The molecule has 0 saturated heterocycles. The smallest absolute Gasteiger partial charge is 0.292 e. The quantitative estimate of drug-likeness (QED) is 0.392. The van der Waals surface area contributed by atoms with E-state index < -0.39 is 5.91 Å². The third-order valence-corrected chi connectivity index (χ3v) is 4.93. The van der Waals surface area contributed by atoms with E-state index in [1.807, 2.05) is 30.3 Å². The van der Waals surface area contributed by atoms with E-state index in [1.54, 1.807) is 35.1 Å². The predicted octanol–water partition coefficient (Wildman–Crippen LogP) is 5.62. The third-order valence-electron chi connectivity index (χ3n) is 4.93. The molecule has 0 unspecified atom stereocenters. The van der Waals surface area contributed by atoms with Crippen LogP contribution in [0.1, 0.15) is 47.2 Å². The van der Waals surface area contributed by atoms with Gasteiger partial charge in [0, 0.05) is 12.3 Å². The Hall–Kier alpha value is -3.87. The summed E-state index contributed by atoms with van der Waals surface area (Å²) in [5.74, 6) is 1.58. The number of aromatic nitrogens is 2. The maximum atomic E-state index is 13.3. The molecule has 0 bridgehead atoms. The van der Waals surface area contributed by atoms with Gasteiger partial charge in [-0.3, -0.25) is 9.48 Å². The minimum absolute atomic E-state index is 0.165. The standard InChI is InChI=1S/C25H24FN3O3/c1-17(2)19-6-8-21(9-7-19)31-16-22-10-11-23(32-22)25(30)27-24-12-13-29(28-24)15-18-4-3-5-20(26)14-18/h3-14,17H,15-16H2,1-2H3,(H,27,28,30). The third kappa shape index (κ3) is 5.43. The highest BCUT2D eigenvalue weighted by molar-refractivity contribution is 6.01. The summed E-state index contributed by atoms with van der Waals surface area (Å²) in [5, 5.41) is 7.00. The molecule has 4 rings (SSSR count). The van der Waals surface area contributed by atoms with Gasteiger partial charge in [0.15, 0.2) is 11.6 Å². The summed E-state index contributed by atoms with van der Waals surface area (Å²) in [6.45, 7) is 4.89. The topological polar surface area (TPSA) is 69.3 Å². The van der Waals surface area contributed by atoms with Crippen molar-refractivity contribution in [3.05, 3.63) is 101 Å². The summed E-state index contributed by atoms with van der Waals surface area (Å²) < 4.78 is 26.3. The number of hydrogen-bond donors (Lipinski definition) is 1. The molecule has 0 aliphatic heterocycles. The maximum absolute atomic E-state index is 13.3. The fraction of sp³-hybridized carbons (Fsp3) is 0.200. The van der Waals surface area contributed by atoms with Crippen molar-refractivity contribution in [3.63, 3.8) is 0 Å². The SMILES string of the molecule is CC(C)c1ccc(OCc2ccc(C(=O)Nc3ccn(Cc4cccc(F)c4)n3)o2)cc1. The van der Waals surface area contributed by atoms with E-state index in [2.05, 4.69) is 24.3 Å². The Morgan fingerprint density at radius 2 is 1.94 bits per heavy atom. The molecule has 2 aromatic heterocycles. The first kappa shape index (κ1) is 21.4. The Balaban J connectivity index is 1.31. The Morgan fingerprint density at radius 1 is 1.12 bits per heavy atom. The van der Waals surface area contributed by atoms with Crippen molar-refractivity contribution in [2.45, 2.75) is 32.9 Å². The lowest BCUT2D eigenvalue weighted by atomic mass is 10.0. The number of carbonyl (C=O) groups excluding carboxylic acids is 1. The molecule has 0 aliphatic carbocycles. The van der Waals surface area contributed by atoms with E-state index in [9.17, 15) is 9.18 Å². The first-order chi connectivity index (χ1) is 15.5. The van der Waals surface area contributed by atoms with E-state index in [-0.39, 0.29) is 18.2 Å². The van der Waals surface area contributed by atoms with Crippen LogP contribution >= 0.6 is 0 Å². The van der Waals surface area contributed by atoms with Gasteiger partial charge in [-0.1, -0.05) is 38.1 Å². The van der Waals surface area contributed by atoms with Gasteiger partial charge in [0.05, 0.1) is 6.54 Å². The van der Waals surface area contributed by atoms with Gasteiger partial charge in [0.2, 0.25) is 0 Å². The molecule has 164 valence electrons. The number of benzene rings is 2. The number of nitrogens with one attached hydrogen (secondary N) is 1. The van der Waals surface area contributed by atoms with Crippen LogP contribution in [-0.4, -0.2) is 15.7 Å². The first-order valence-corrected chi connectivity index (χ1v) is 10.4. The number of nitrogens with zero attached hydrogens (tertiary/aromatic N) is 2. The number of anilines is 1. The van der Waals surface area contributed by atoms with E-state index in [0.717, 1.165) is 11.3 Å². The van der Waals surface area contributed by atoms with Crippen molar-refractivity contribution in [2.75, 3.05) is 5.32 Å². The van der Waals surface area contributed by atoms with E-state index in [4.69, 9.17) is 9.15 Å². The van der Waals surface area contributed by atoms with Gasteiger partial charge in [-0.25, -0.2) is 4.39 Å². The Kier molecular flexibility index (Phi) is 6.35. The van der Waals surface area contributed by atoms with Crippen LogP contribution in [0.3, 0.4) is 0 Å². The number of hydrogen-bond acceptors (Lipinski definition) is 4. The average Bonchev–Trinajstić information content (AvgIpc) is 3.42. The summed E-state index contributed by atoms with van der Waals surface area (Å²) >= 11 is 0. The van der Waals surface area contributed by atoms with Crippen molar-refractivity contribution >= 4 is 11.7 Å². The van der Waals surface area contributed by atoms with Gasteiger partial charge in [-0.15, -0.1) is 0 Å². The normalized spacial score (nSPS) is 11.0. The molecule has 0 spiro atoms. The van der Waals surface area contributed by atoms with Crippen molar-refractivity contribution < 1.29 is 18.3 Å². The number of amides is 1. The molecule has 0 aliphatic rings. The molecule has 32 heavy (non-hydrogen) atoms. The van der Waals surface area contributed by atoms with Gasteiger partial charge in [0.25, 0.3) is 5.91 Å². The van der Waals surface area contributed by atoms with Crippen LogP contribution in [0.25, 0.3) is 0 Å². The van der Waals surface area contributed by atoms with Gasteiger partial charge in [0.1, 0.15) is 23.9 Å². The summed E-state index contributed by atoms with van der Waals surface area (Å²) in [6, 6.07) is 19.2. The molecule has 7 heteroatoms. The molecule has 2 aromatic carbocycles. The molecule has 0 atom stereocenters. The lowest BCUT2D eigenvalue weighted by molar-refractivity contribution is 0.0992. The summed E-state index contributed by atoms with van der Waals surface area (Å²) in [6.07, 6.45) is 1.71. The predicted molar refractivity (Wildman–Crippen MR) is 119 cm³/mol. The monoisotopic (exact) mass is 433 g/mol. The second-order valence-corrected chi connectivity index (χ2v) is 7.76. The second kappa shape index (κ2) is 9.51. The number of furan rings is 1. The van der Waals surface area contributed by atoms with Crippen LogP contribution in [0.15, 0.2) is 77.3 Å². The summed E-state index contributed by atoms with van der Waals surface area (Å²) in [5.41, 5.74) is 2.02. The van der Waals surface area contributed by atoms with Crippen LogP contribution in [0.4, 0.5) is 10.2 Å². The zero-order valence-corrected chi connectivity index (χ0v) is 17.9. The molecule has 0 radical (unpaired) electrons. The Bertz CT molecular complexity index is 1200. The van der Waals surface area contributed by atoms with Gasteiger partial charge >= 0.3 is 0 Å². The molecule has 1 amide bonds. The van der Waals surface area contributed by atoms with Crippen LogP contribution < -0.4 is 10.1 Å². The lowest BCUT2D eigenvalue weighted by Crippen LogP contribution is -2.12. The van der Waals surface area contributed by atoms with E-state index in [0.29, 0.717) is 24.0 Å². The number of rotatable bonds is 8. The van der Waals surface area contributed by atoms with Gasteiger partial charge in [-0.05, 0) is 53.4 Å². The molecular weight excluding hydrogens is 409 g/mol. The second-order valence-electron chi connectivity index (χ2n) is 7.76. The highest BCUT2D eigenvalue weighted by Gasteiger charge is 2.13. The highest BCUT2D eigenvalue weighted by Crippen LogP contribution is 2.20. The minimum Gasteiger partial charge on any atom is -0.486 e. The average molecular weight is 433 g/mol. The van der Waals surface area contributed by atoms with Crippen LogP contribution in [0.5, 0.6) is 5.75 Å². The Labute approximate surface area is 185 Å². The Morgan fingerprint density at radius 3 is 2.69 bits per heavy atom. The fourth-order valence-corrected chi connectivity index (χ4v) is 3.20. The fourth-order valence-electron chi connectivity index (χ4n) is 3.20. The van der Waals surface area contributed by atoms with Crippen molar-refractivity contribution in [3.8, 4) is 5.75 Å². The van der Waals surface area contributed by atoms with E-state index >= 15 is 0 Å². The maximum Gasteiger partial charge on any atom is 0.292 e. The number of ether oxygens (including phenoxy) is 1. The van der Waals surface area contributed by atoms with Crippen LogP contribution in [-0.2, 0) is 13.2 Å². The molecule has 6 nitrogen and oxygen atoms in total. The highest BCUT2D eigenvalue weighted by atomic mass is 19.1. The van der Waals surface area contributed by atoms with Crippen LogP contribution in [0.2, 0.25) is 0 Å². The van der Waals surface area contributed by atoms with E-state index in [1.165, 1.54) is 17.7 Å². The zero-order valence-electron chi connectivity index (χ0n) is 17.9. The zero-order chi connectivity index (χ0) is 22.5. The molecule has 4 aromatic rings. The largest absolute Gasteiger partial charge is 0.486 e. The first-order valence-electron chi connectivity index (χ1n) is 10.4. The van der Waals surface area contributed by atoms with Crippen molar-refractivity contribution in [1.29, 1.82) is 0 Å². The number of halogens is 1. The molecule has 1 N–H and O–H groups in total. The van der Waals surface area contributed by atoms with Crippen molar-refractivity contribution in [2.24, 2.45) is 0 Å². The van der Waals surface area contributed by atoms with Gasteiger partial charge in [-0.2, -0.15) is 5.10 Å². The molecule has 2 heterocycles. The number of carbonyl (C=O) groups is 1. The molecule has 0 saturated carbocycles. The van der Waals surface area contributed by atoms with Crippen molar-refractivity contribution in [1.82, 2.24) is 9.78 Å². The molecule has 0 fully saturated rings.